The fraction of sp³-hybridized carbons (Fsp3) is 0.833. The van der Waals surface area contributed by atoms with Gasteiger partial charge in [-0.1, -0.05) is 13.8 Å². The first-order valence-electron chi connectivity index (χ1n) is 5.88. The highest BCUT2D eigenvalue weighted by atomic mass is 16.7. The minimum atomic E-state index is 0.123. The van der Waals surface area contributed by atoms with Crippen molar-refractivity contribution < 1.29 is 9.57 Å². The molecule has 0 aromatic carbocycles. The Morgan fingerprint density at radius 2 is 2.20 bits per heavy atom. The number of ether oxygens (including phenoxy) is 1. The maximum Gasteiger partial charge on any atom is 0.130 e. The monoisotopic (exact) mass is 209 g/mol. The average Bonchev–Trinajstić information content (AvgIpc) is 2.74. The van der Waals surface area contributed by atoms with Crippen LogP contribution in [0.3, 0.4) is 0 Å². The molecule has 1 fully saturated rings. The number of hydrogen-bond acceptors (Lipinski definition) is 3. The zero-order valence-electron chi connectivity index (χ0n) is 9.56. The predicted molar refractivity (Wildman–Crippen MR) is 57.0 cm³/mol. The summed E-state index contributed by atoms with van der Waals surface area (Å²) < 4.78 is 6.01. The van der Waals surface area contributed by atoms with Gasteiger partial charge in [0.1, 0.15) is 5.76 Å². The van der Waals surface area contributed by atoms with E-state index >= 15 is 0 Å². The highest BCUT2D eigenvalue weighted by Crippen LogP contribution is 2.51. The summed E-state index contributed by atoms with van der Waals surface area (Å²) in [6.07, 6.45) is 4.60. The lowest BCUT2D eigenvalue weighted by molar-refractivity contribution is -0.0431. The Morgan fingerprint density at radius 1 is 1.33 bits per heavy atom. The van der Waals surface area contributed by atoms with Gasteiger partial charge in [-0.05, 0) is 24.8 Å². The SMILES string of the molecule is CC1(C)CC2(CCCO2)CC2=C1ONC2. The van der Waals surface area contributed by atoms with Crippen LogP contribution in [-0.2, 0) is 9.57 Å². The maximum atomic E-state index is 6.01. The van der Waals surface area contributed by atoms with Crippen LogP contribution in [0.15, 0.2) is 11.3 Å². The van der Waals surface area contributed by atoms with E-state index in [9.17, 15) is 0 Å². The lowest BCUT2D eigenvalue weighted by atomic mass is 9.69. The van der Waals surface area contributed by atoms with Gasteiger partial charge in [0.05, 0.1) is 12.1 Å². The van der Waals surface area contributed by atoms with Crippen LogP contribution in [0, 0.1) is 5.41 Å². The van der Waals surface area contributed by atoms with Gasteiger partial charge in [-0.25, -0.2) is 0 Å². The van der Waals surface area contributed by atoms with Crippen molar-refractivity contribution in [1.29, 1.82) is 0 Å². The van der Waals surface area contributed by atoms with E-state index in [2.05, 4.69) is 19.3 Å². The van der Waals surface area contributed by atoms with Gasteiger partial charge in [-0.2, -0.15) is 5.48 Å². The van der Waals surface area contributed by atoms with E-state index in [1.807, 2.05) is 0 Å². The summed E-state index contributed by atoms with van der Waals surface area (Å²) in [6, 6.07) is 0. The van der Waals surface area contributed by atoms with E-state index in [0.717, 1.165) is 26.0 Å². The van der Waals surface area contributed by atoms with Crippen molar-refractivity contribution in [2.24, 2.45) is 5.41 Å². The molecule has 1 saturated heterocycles. The van der Waals surface area contributed by atoms with Crippen molar-refractivity contribution in [3.8, 4) is 0 Å². The van der Waals surface area contributed by atoms with Gasteiger partial charge in [-0.3, -0.25) is 0 Å². The number of hydrogen-bond donors (Lipinski definition) is 1. The standard InChI is InChI=1S/C12H19NO2/c1-11(2)8-12(4-3-5-14-12)6-9-7-13-15-10(9)11/h13H,3-8H2,1-2H3. The van der Waals surface area contributed by atoms with Crippen LogP contribution in [0.4, 0.5) is 0 Å². The van der Waals surface area contributed by atoms with E-state index in [1.54, 1.807) is 0 Å². The Morgan fingerprint density at radius 3 is 2.93 bits per heavy atom. The van der Waals surface area contributed by atoms with Crippen molar-refractivity contribution in [3.63, 3.8) is 0 Å². The molecule has 1 unspecified atom stereocenters. The molecule has 2 heterocycles. The fourth-order valence-corrected chi connectivity index (χ4v) is 3.48. The number of rotatable bonds is 0. The average molecular weight is 209 g/mol. The van der Waals surface area contributed by atoms with Gasteiger partial charge in [0.2, 0.25) is 0 Å². The van der Waals surface area contributed by atoms with Crippen LogP contribution in [-0.4, -0.2) is 18.8 Å². The summed E-state index contributed by atoms with van der Waals surface area (Å²) in [4.78, 5) is 5.55. The van der Waals surface area contributed by atoms with Gasteiger partial charge in [0.25, 0.3) is 0 Å². The molecule has 0 bridgehead atoms. The van der Waals surface area contributed by atoms with Gasteiger partial charge in [-0.15, -0.1) is 0 Å². The molecule has 1 aliphatic carbocycles. The Hall–Kier alpha value is -0.540. The van der Waals surface area contributed by atoms with Gasteiger partial charge in [0, 0.05) is 18.4 Å². The first kappa shape index (κ1) is 9.67. The molecule has 1 N–H and O–H groups in total. The zero-order chi connectivity index (χ0) is 10.5. The normalized spacial score (nSPS) is 38.3. The molecule has 84 valence electrons. The Balaban J connectivity index is 1.96. The summed E-state index contributed by atoms with van der Waals surface area (Å²) in [7, 11) is 0. The molecule has 1 atom stereocenters. The second-order valence-corrected chi connectivity index (χ2v) is 5.73. The minimum absolute atomic E-state index is 0.123. The summed E-state index contributed by atoms with van der Waals surface area (Å²) in [6.45, 7) is 6.34. The third kappa shape index (κ3) is 1.41. The van der Waals surface area contributed by atoms with Crippen LogP contribution in [0.2, 0.25) is 0 Å². The van der Waals surface area contributed by atoms with Gasteiger partial charge < -0.3 is 9.57 Å². The Bertz CT molecular complexity index is 314. The molecular formula is C12H19NO2. The smallest absolute Gasteiger partial charge is 0.130 e. The van der Waals surface area contributed by atoms with Crippen LogP contribution < -0.4 is 5.48 Å². The highest BCUT2D eigenvalue weighted by Gasteiger charge is 2.49. The second-order valence-electron chi connectivity index (χ2n) is 5.73. The fourth-order valence-electron chi connectivity index (χ4n) is 3.48. The molecule has 0 radical (unpaired) electrons. The summed E-state index contributed by atoms with van der Waals surface area (Å²) in [5.74, 6) is 1.17. The summed E-state index contributed by atoms with van der Waals surface area (Å²) >= 11 is 0. The van der Waals surface area contributed by atoms with E-state index in [-0.39, 0.29) is 11.0 Å². The van der Waals surface area contributed by atoms with Crippen LogP contribution in [0.5, 0.6) is 0 Å². The van der Waals surface area contributed by atoms with Crippen molar-refractivity contribution in [1.82, 2.24) is 5.48 Å². The molecular weight excluding hydrogens is 190 g/mol. The number of allylic oxidation sites excluding steroid dienone is 1. The predicted octanol–water partition coefficient (Wildman–Crippen LogP) is 2.14. The number of nitrogens with one attached hydrogen (secondary N) is 1. The molecule has 1 spiro atoms. The Labute approximate surface area is 90.8 Å². The molecule has 3 heteroatoms. The second kappa shape index (κ2) is 2.98. The molecule has 3 rings (SSSR count). The highest BCUT2D eigenvalue weighted by molar-refractivity contribution is 5.27. The Kier molecular flexibility index (Phi) is 1.92. The molecule has 2 aliphatic heterocycles. The minimum Gasteiger partial charge on any atom is -0.412 e. The largest absolute Gasteiger partial charge is 0.412 e. The van der Waals surface area contributed by atoms with Crippen LogP contribution in [0.1, 0.15) is 39.5 Å². The van der Waals surface area contributed by atoms with E-state index in [1.165, 1.54) is 24.2 Å². The summed E-state index contributed by atoms with van der Waals surface area (Å²) in [5.41, 5.74) is 4.67. The molecule has 0 saturated carbocycles. The van der Waals surface area contributed by atoms with Gasteiger partial charge in [0.15, 0.2) is 0 Å². The summed E-state index contributed by atoms with van der Waals surface area (Å²) in [5, 5.41) is 0. The first-order valence-corrected chi connectivity index (χ1v) is 5.88. The van der Waals surface area contributed by atoms with Crippen molar-refractivity contribution in [2.45, 2.75) is 45.1 Å². The van der Waals surface area contributed by atoms with Crippen LogP contribution in [0.25, 0.3) is 0 Å². The molecule has 15 heavy (non-hydrogen) atoms. The third-order valence-corrected chi connectivity index (χ3v) is 3.88. The quantitative estimate of drug-likeness (QED) is 0.663. The van der Waals surface area contributed by atoms with E-state index in [0.29, 0.717) is 0 Å². The first-order chi connectivity index (χ1) is 7.11. The molecule has 3 aliphatic rings. The van der Waals surface area contributed by atoms with Gasteiger partial charge >= 0.3 is 0 Å². The number of hydroxylamine groups is 1. The van der Waals surface area contributed by atoms with E-state index < -0.39 is 0 Å². The van der Waals surface area contributed by atoms with Crippen molar-refractivity contribution in [3.05, 3.63) is 11.3 Å². The molecule has 0 aromatic heterocycles. The molecule has 0 amide bonds. The lowest BCUT2D eigenvalue weighted by Gasteiger charge is -2.41. The molecule has 3 nitrogen and oxygen atoms in total. The van der Waals surface area contributed by atoms with E-state index in [4.69, 9.17) is 9.57 Å². The topological polar surface area (TPSA) is 30.5 Å². The zero-order valence-corrected chi connectivity index (χ0v) is 9.56. The van der Waals surface area contributed by atoms with Crippen molar-refractivity contribution in [2.75, 3.05) is 13.2 Å². The lowest BCUT2D eigenvalue weighted by Crippen LogP contribution is -2.39. The molecule has 0 aromatic rings. The maximum absolute atomic E-state index is 6.01. The van der Waals surface area contributed by atoms with Crippen molar-refractivity contribution >= 4 is 0 Å². The van der Waals surface area contributed by atoms with Crippen LogP contribution >= 0.6 is 0 Å². The third-order valence-electron chi connectivity index (χ3n) is 3.88.